The number of benzene rings is 1. The van der Waals surface area contributed by atoms with E-state index in [9.17, 15) is 0 Å². The molecule has 1 aromatic carbocycles. The third-order valence-corrected chi connectivity index (χ3v) is 2.66. The number of hydrogen-bond acceptors (Lipinski definition) is 1. The Bertz CT molecular complexity index is 289. The standard InChI is InChI=1S/C9H12.C7H16.CH2O2/c1-3-9-6-4-8(2)5-7-9;1-4-5-6-7(2)3;2-1-3/h4-7H,3H2,1-2H3;7H,4-6H2,1-3H3;1H,(H,2,3). The second-order valence-corrected chi connectivity index (χ2v) is 4.98. The maximum Gasteiger partial charge on any atom is 0.290 e. The molecule has 0 aliphatic carbocycles. The van der Waals surface area contributed by atoms with E-state index in [-0.39, 0.29) is 6.47 Å². The third-order valence-electron chi connectivity index (χ3n) is 2.66. The first-order valence-electron chi connectivity index (χ1n) is 7.15. The van der Waals surface area contributed by atoms with Gasteiger partial charge >= 0.3 is 0 Å². The molecular weight excluding hydrogens is 236 g/mol. The molecule has 1 N–H and O–H groups in total. The van der Waals surface area contributed by atoms with E-state index in [1.807, 2.05) is 0 Å². The van der Waals surface area contributed by atoms with Crippen LogP contribution >= 0.6 is 0 Å². The summed E-state index contributed by atoms with van der Waals surface area (Å²) in [7, 11) is 0. The molecular formula is C17H30O2. The average molecular weight is 266 g/mol. The summed E-state index contributed by atoms with van der Waals surface area (Å²) >= 11 is 0. The molecule has 0 spiro atoms. The number of hydrogen-bond donors (Lipinski definition) is 1. The Balaban J connectivity index is 0. The highest BCUT2D eigenvalue weighted by atomic mass is 16.3. The predicted molar refractivity (Wildman–Crippen MR) is 83.6 cm³/mol. The molecule has 0 amide bonds. The quantitative estimate of drug-likeness (QED) is 0.771. The fraction of sp³-hybridized carbons (Fsp3) is 0.588. The van der Waals surface area contributed by atoms with Gasteiger partial charge in [-0.25, -0.2) is 0 Å². The maximum atomic E-state index is 8.36. The monoisotopic (exact) mass is 266 g/mol. The van der Waals surface area contributed by atoms with Gasteiger partial charge in [-0.3, -0.25) is 4.79 Å². The summed E-state index contributed by atoms with van der Waals surface area (Å²) in [5, 5.41) is 6.89. The zero-order valence-electron chi connectivity index (χ0n) is 13.1. The number of carbonyl (C=O) groups is 1. The number of unbranched alkanes of at least 4 members (excludes halogenated alkanes) is 1. The molecule has 19 heavy (non-hydrogen) atoms. The number of carboxylic acid groups (broad SMARTS) is 1. The van der Waals surface area contributed by atoms with Gasteiger partial charge in [-0.05, 0) is 24.8 Å². The van der Waals surface area contributed by atoms with E-state index in [1.54, 1.807) is 0 Å². The zero-order valence-corrected chi connectivity index (χ0v) is 13.1. The molecule has 0 heterocycles. The van der Waals surface area contributed by atoms with Crippen molar-refractivity contribution in [2.45, 2.75) is 60.3 Å². The van der Waals surface area contributed by atoms with Crippen LogP contribution < -0.4 is 0 Å². The topological polar surface area (TPSA) is 37.3 Å². The summed E-state index contributed by atoms with van der Waals surface area (Å²) in [5.74, 6) is 0.903. The summed E-state index contributed by atoms with van der Waals surface area (Å²) in [4.78, 5) is 8.36. The van der Waals surface area contributed by atoms with Gasteiger partial charge < -0.3 is 5.11 Å². The highest BCUT2D eigenvalue weighted by Gasteiger charge is 1.88. The minimum Gasteiger partial charge on any atom is -0.483 e. The molecule has 2 heteroatoms. The Morgan fingerprint density at radius 3 is 1.89 bits per heavy atom. The van der Waals surface area contributed by atoms with Crippen molar-refractivity contribution >= 4 is 6.47 Å². The average Bonchev–Trinajstić information content (AvgIpc) is 2.39. The minimum atomic E-state index is -0.250. The second kappa shape index (κ2) is 14.7. The normalized spacial score (nSPS) is 8.95. The molecule has 110 valence electrons. The molecule has 0 atom stereocenters. The maximum absolute atomic E-state index is 8.36. The van der Waals surface area contributed by atoms with Gasteiger partial charge in [0.2, 0.25) is 0 Å². The smallest absolute Gasteiger partial charge is 0.290 e. The van der Waals surface area contributed by atoms with Gasteiger partial charge in [0.15, 0.2) is 0 Å². The Morgan fingerprint density at radius 2 is 1.63 bits per heavy atom. The summed E-state index contributed by atoms with van der Waals surface area (Å²) in [6.07, 6.45) is 5.28. The highest BCUT2D eigenvalue weighted by molar-refractivity contribution is 5.32. The van der Waals surface area contributed by atoms with Crippen LogP contribution in [0.25, 0.3) is 0 Å². The summed E-state index contributed by atoms with van der Waals surface area (Å²) < 4.78 is 0. The third kappa shape index (κ3) is 16.7. The van der Waals surface area contributed by atoms with Crippen LogP contribution in [0.15, 0.2) is 24.3 Å². The van der Waals surface area contributed by atoms with Crippen LogP contribution in [0, 0.1) is 12.8 Å². The first kappa shape index (κ1) is 20.0. The van der Waals surface area contributed by atoms with Gasteiger partial charge in [-0.1, -0.05) is 76.8 Å². The van der Waals surface area contributed by atoms with E-state index < -0.39 is 0 Å². The molecule has 0 saturated carbocycles. The van der Waals surface area contributed by atoms with Gasteiger partial charge in [0.1, 0.15) is 0 Å². The van der Waals surface area contributed by atoms with E-state index in [2.05, 4.69) is 58.9 Å². The summed E-state index contributed by atoms with van der Waals surface area (Å²) in [5.41, 5.74) is 2.76. The van der Waals surface area contributed by atoms with Crippen LogP contribution in [0.1, 0.15) is 58.1 Å². The molecule has 0 bridgehead atoms. The Labute approximate surface area is 118 Å². The van der Waals surface area contributed by atoms with Gasteiger partial charge in [0, 0.05) is 0 Å². The Kier molecular flexibility index (Phi) is 15.5. The van der Waals surface area contributed by atoms with Crippen LogP contribution in [0.2, 0.25) is 0 Å². The SMILES string of the molecule is CCCCC(C)C.CCc1ccc(C)cc1.O=CO. The molecule has 0 aromatic heterocycles. The molecule has 1 aromatic rings. The van der Waals surface area contributed by atoms with Crippen molar-refractivity contribution in [3.63, 3.8) is 0 Å². The first-order valence-corrected chi connectivity index (χ1v) is 7.15. The lowest BCUT2D eigenvalue weighted by Gasteiger charge is -1.98. The van der Waals surface area contributed by atoms with E-state index in [0.717, 1.165) is 12.3 Å². The van der Waals surface area contributed by atoms with E-state index in [1.165, 1.54) is 30.4 Å². The van der Waals surface area contributed by atoms with Crippen LogP contribution in [0.4, 0.5) is 0 Å². The lowest BCUT2D eigenvalue weighted by atomic mass is 10.1. The van der Waals surface area contributed by atoms with Crippen LogP contribution in [-0.4, -0.2) is 11.6 Å². The second-order valence-electron chi connectivity index (χ2n) is 4.98. The molecule has 0 fully saturated rings. The summed E-state index contributed by atoms with van der Waals surface area (Å²) in [6.45, 7) is 10.8. The highest BCUT2D eigenvalue weighted by Crippen LogP contribution is 2.04. The Morgan fingerprint density at radius 1 is 1.16 bits per heavy atom. The van der Waals surface area contributed by atoms with Gasteiger partial charge in [-0.15, -0.1) is 0 Å². The molecule has 0 aliphatic heterocycles. The van der Waals surface area contributed by atoms with Gasteiger partial charge in [0.05, 0.1) is 0 Å². The molecule has 1 rings (SSSR count). The number of aryl methyl sites for hydroxylation is 2. The molecule has 0 radical (unpaired) electrons. The van der Waals surface area contributed by atoms with Gasteiger partial charge in [-0.2, -0.15) is 0 Å². The zero-order chi connectivity index (χ0) is 15.1. The predicted octanol–water partition coefficient (Wildman–Crippen LogP) is 5.09. The lowest BCUT2D eigenvalue weighted by molar-refractivity contribution is -0.122. The fourth-order valence-electron chi connectivity index (χ4n) is 1.44. The van der Waals surface area contributed by atoms with Crippen molar-refractivity contribution in [2.75, 3.05) is 0 Å². The molecule has 0 aliphatic rings. The fourth-order valence-corrected chi connectivity index (χ4v) is 1.44. The van der Waals surface area contributed by atoms with Crippen molar-refractivity contribution in [1.82, 2.24) is 0 Å². The van der Waals surface area contributed by atoms with Crippen molar-refractivity contribution in [3.8, 4) is 0 Å². The molecule has 0 saturated heterocycles. The largest absolute Gasteiger partial charge is 0.483 e. The Hall–Kier alpha value is -1.31. The van der Waals surface area contributed by atoms with Crippen LogP contribution in [-0.2, 0) is 11.2 Å². The van der Waals surface area contributed by atoms with E-state index >= 15 is 0 Å². The van der Waals surface area contributed by atoms with Crippen molar-refractivity contribution in [1.29, 1.82) is 0 Å². The van der Waals surface area contributed by atoms with Crippen LogP contribution in [0.5, 0.6) is 0 Å². The number of rotatable bonds is 4. The van der Waals surface area contributed by atoms with Crippen molar-refractivity contribution in [3.05, 3.63) is 35.4 Å². The van der Waals surface area contributed by atoms with Crippen molar-refractivity contribution < 1.29 is 9.90 Å². The van der Waals surface area contributed by atoms with Crippen LogP contribution in [0.3, 0.4) is 0 Å². The van der Waals surface area contributed by atoms with E-state index in [4.69, 9.17) is 9.90 Å². The van der Waals surface area contributed by atoms with E-state index in [0.29, 0.717) is 0 Å². The first-order chi connectivity index (χ1) is 9.01. The molecule has 0 unspecified atom stereocenters. The van der Waals surface area contributed by atoms with Gasteiger partial charge in [0.25, 0.3) is 6.47 Å². The minimum absolute atomic E-state index is 0.250. The molecule has 2 nitrogen and oxygen atoms in total. The lowest BCUT2D eigenvalue weighted by Crippen LogP contribution is -1.83. The summed E-state index contributed by atoms with van der Waals surface area (Å²) in [6, 6.07) is 8.66. The van der Waals surface area contributed by atoms with Crippen molar-refractivity contribution in [2.24, 2.45) is 5.92 Å².